The summed E-state index contributed by atoms with van der Waals surface area (Å²) in [6.07, 6.45) is 0.962. The highest BCUT2D eigenvalue weighted by Crippen LogP contribution is 2.47. The first kappa shape index (κ1) is 20.3. The Labute approximate surface area is 169 Å². The molecule has 0 aliphatic heterocycles. The molecule has 3 rings (SSSR count). The van der Waals surface area contributed by atoms with E-state index in [1.807, 2.05) is 48.5 Å². The number of hydrogen-bond donors (Lipinski definition) is 0. The average molecular weight is 390 g/mol. The quantitative estimate of drug-likeness (QED) is 0.343. The van der Waals surface area contributed by atoms with Gasteiger partial charge < -0.3 is 4.74 Å². The number of hydrogen-bond acceptors (Lipinski definition) is 2. The molecule has 0 aliphatic carbocycles. The number of Topliss-reactive ketones (excluding diaryl/α,β-unsaturated/α-hetero) is 1. The van der Waals surface area contributed by atoms with E-state index < -0.39 is 0 Å². The molecular weight excluding hydrogens is 363 g/mol. The normalized spacial score (nSPS) is 13.4. The molecule has 28 heavy (non-hydrogen) atoms. The van der Waals surface area contributed by atoms with Crippen LogP contribution in [0.3, 0.4) is 0 Å². The van der Waals surface area contributed by atoms with Gasteiger partial charge in [-0.15, -0.1) is 0 Å². The topological polar surface area (TPSA) is 26.3 Å². The van der Waals surface area contributed by atoms with Crippen LogP contribution in [0.1, 0.15) is 48.7 Å². The highest BCUT2D eigenvalue weighted by atomic mass is 31.1. The van der Waals surface area contributed by atoms with Crippen molar-refractivity contribution in [1.29, 1.82) is 0 Å². The summed E-state index contributed by atoms with van der Waals surface area (Å²) in [6, 6.07) is 26.5. The van der Waals surface area contributed by atoms with Crippen LogP contribution in [0.15, 0.2) is 78.9 Å². The highest BCUT2D eigenvalue weighted by molar-refractivity contribution is 7.48. The Bertz CT molecular complexity index is 936. The molecule has 2 atom stereocenters. The third kappa shape index (κ3) is 4.69. The van der Waals surface area contributed by atoms with Crippen LogP contribution in [-0.4, -0.2) is 5.78 Å². The predicted octanol–water partition coefficient (Wildman–Crippen LogP) is 6.10. The van der Waals surface area contributed by atoms with Gasteiger partial charge in [-0.1, -0.05) is 95.2 Å². The first-order chi connectivity index (χ1) is 13.5. The third-order valence-electron chi connectivity index (χ3n) is 5.14. The summed E-state index contributed by atoms with van der Waals surface area (Å²) in [5.74, 6) is 1.04. The van der Waals surface area contributed by atoms with E-state index in [0.717, 1.165) is 28.6 Å². The second kappa shape index (κ2) is 9.17. The van der Waals surface area contributed by atoms with Gasteiger partial charge in [0, 0.05) is 16.3 Å². The van der Waals surface area contributed by atoms with Crippen molar-refractivity contribution in [2.24, 2.45) is 0 Å². The molecule has 0 heterocycles. The number of ether oxygens (including phenoxy) is 1. The number of carbonyl (C=O) groups is 1. The largest absolute Gasteiger partial charge is 0.489 e. The molecule has 3 aromatic rings. The standard InChI is InChI=1S/C25H27O2P/c1-4-25(3,28-24-17-11-8-14-21(24)19(2)26)22-15-9-10-16-23(22)27-18-20-12-6-5-7-13-20/h5-17,28H,4,18H2,1-3H3. The zero-order chi connectivity index (χ0) is 20.0. The summed E-state index contributed by atoms with van der Waals surface area (Å²) in [5, 5.41) is 1.02. The summed E-state index contributed by atoms with van der Waals surface area (Å²) >= 11 is 0. The molecule has 2 unspecified atom stereocenters. The van der Waals surface area contributed by atoms with Crippen LogP contribution in [0.25, 0.3) is 0 Å². The first-order valence-electron chi connectivity index (χ1n) is 9.68. The van der Waals surface area contributed by atoms with Crippen molar-refractivity contribution >= 4 is 19.7 Å². The fourth-order valence-electron chi connectivity index (χ4n) is 3.33. The van der Waals surface area contributed by atoms with E-state index in [4.69, 9.17) is 4.74 Å². The Morgan fingerprint density at radius 1 is 0.929 bits per heavy atom. The number of carbonyl (C=O) groups excluding carboxylic acids is 1. The highest BCUT2D eigenvalue weighted by Gasteiger charge is 2.29. The van der Waals surface area contributed by atoms with Gasteiger partial charge in [-0.2, -0.15) is 0 Å². The van der Waals surface area contributed by atoms with Gasteiger partial charge in [-0.25, -0.2) is 0 Å². The van der Waals surface area contributed by atoms with Crippen LogP contribution < -0.4 is 10.0 Å². The summed E-state index contributed by atoms with van der Waals surface area (Å²) in [7, 11) is 0.484. The van der Waals surface area contributed by atoms with Crippen molar-refractivity contribution < 1.29 is 9.53 Å². The van der Waals surface area contributed by atoms with E-state index in [1.165, 1.54) is 5.56 Å². The maximum absolute atomic E-state index is 12.1. The number of rotatable bonds is 8. The molecule has 0 spiro atoms. The number of benzene rings is 3. The van der Waals surface area contributed by atoms with Gasteiger partial charge >= 0.3 is 0 Å². The van der Waals surface area contributed by atoms with Crippen LogP contribution in [0.5, 0.6) is 5.75 Å². The molecule has 0 radical (unpaired) electrons. The van der Waals surface area contributed by atoms with Crippen molar-refractivity contribution in [3.8, 4) is 5.75 Å². The van der Waals surface area contributed by atoms with Crippen molar-refractivity contribution in [2.45, 2.75) is 39.0 Å². The molecule has 0 N–H and O–H groups in total. The van der Waals surface area contributed by atoms with E-state index in [-0.39, 0.29) is 10.9 Å². The maximum atomic E-state index is 12.1. The van der Waals surface area contributed by atoms with Crippen LogP contribution >= 0.6 is 8.58 Å². The van der Waals surface area contributed by atoms with Crippen molar-refractivity contribution in [3.63, 3.8) is 0 Å². The maximum Gasteiger partial charge on any atom is 0.160 e. The summed E-state index contributed by atoms with van der Waals surface area (Å²) in [4.78, 5) is 12.1. The lowest BCUT2D eigenvalue weighted by Gasteiger charge is -2.31. The minimum Gasteiger partial charge on any atom is -0.489 e. The van der Waals surface area contributed by atoms with E-state index in [2.05, 4.69) is 44.2 Å². The fraction of sp³-hybridized carbons (Fsp3) is 0.240. The van der Waals surface area contributed by atoms with E-state index in [0.29, 0.717) is 15.2 Å². The molecule has 0 saturated carbocycles. The molecule has 0 bridgehead atoms. The van der Waals surface area contributed by atoms with Crippen LogP contribution in [0.4, 0.5) is 0 Å². The summed E-state index contributed by atoms with van der Waals surface area (Å²) in [6.45, 7) is 6.67. The van der Waals surface area contributed by atoms with E-state index in [9.17, 15) is 4.79 Å². The SMILES string of the molecule is CCC(C)(Pc1ccccc1C(C)=O)c1ccccc1OCc1ccccc1. The van der Waals surface area contributed by atoms with Crippen LogP contribution in [0.2, 0.25) is 0 Å². The van der Waals surface area contributed by atoms with Gasteiger partial charge in [0.2, 0.25) is 0 Å². The minimum atomic E-state index is -0.0984. The lowest BCUT2D eigenvalue weighted by Crippen LogP contribution is -2.22. The Morgan fingerprint density at radius 2 is 1.57 bits per heavy atom. The average Bonchev–Trinajstić information content (AvgIpc) is 2.73. The Hall–Kier alpha value is -2.44. The fourth-order valence-corrected chi connectivity index (χ4v) is 5.01. The van der Waals surface area contributed by atoms with Gasteiger partial charge in [0.15, 0.2) is 5.78 Å². The van der Waals surface area contributed by atoms with Gasteiger partial charge in [-0.3, -0.25) is 4.79 Å². The molecule has 0 aromatic heterocycles. The lowest BCUT2D eigenvalue weighted by molar-refractivity contribution is 0.101. The van der Waals surface area contributed by atoms with E-state index in [1.54, 1.807) is 6.92 Å². The second-order valence-electron chi connectivity index (χ2n) is 7.18. The van der Waals surface area contributed by atoms with Gasteiger partial charge in [0.1, 0.15) is 12.4 Å². The van der Waals surface area contributed by atoms with Gasteiger partial charge in [0.25, 0.3) is 0 Å². The molecule has 2 nitrogen and oxygen atoms in total. The molecule has 3 heteroatoms. The molecule has 0 fully saturated rings. The Balaban J connectivity index is 1.91. The zero-order valence-electron chi connectivity index (χ0n) is 16.7. The van der Waals surface area contributed by atoms with Crippen molar-refractivity contribution in [2.75, 3.05) is 0 Å². The van der Waals surface area contributed by atoms with E-state index >= 15 is 0 Å². The zero-order valence-corrected chi connectivity index (χ0v) is 17.7. The summed E-state index contributed by atoms with van der Waals surface area (Å²) in [5.41, 5.74) is 3.17. The van der Waals surface area contributed by atoms with Gasteiger partial charge in [0.05, 0.1) is 0 Å². The Morgan fingerprint density at radius 3 is 2.29 bits per heavy atom. The van der Waals surface area contributed by atoms with Crippen molar-refractivity contribution in [3.05, 3.63) is 95.6 Å². The smallest absolute Gasteiger partial charge is 0.160 e. The monoisotopic (exact) mass is 390 g/mol. The summed E-state index contributed by atoms with van der Waals surface area (Å²) < 4.78 is 6.22. The molecule has 0 aliphatic rings. The van der Waals surface area contributed by atoms with Crippen LogP contribution in [0, 0.1) is 0 Å². The number of ketones is 1. The third-order valence-corrected chi connectivity index (χ3v) is 7.02. The first-order valence-corrected chi connectivity index (χ1v) is 10.7. The second-order valence-corrected chi connectivity index (χ2v) is 9.08. The number of para-hydroxylation sites is 1. The lowest BCUT2D eigenvalue weighted by atomic mass is 9.96. The van der Waals surface area contributed by atoms with Crippen molar-refractivity contribution in [1.82, 2.24) is 0 Å². The Kier molecular flexibility index (Phi) is 6.65. The molecule has 0 amide bonds. The predicted molar refractivity (Wildman–Crippen MR) is 119 cm³/mol. The molecular formula is C25H27O2P. The molecule has 0 saturated heterocycles. The minimum absolute atomic E-state index is 0.0984. The van der Waals surface area contributed by atoms with Crippen LogP contribution in [-0.2, 0) is 11.8 Å². The van der Waals surface area contributed by atoms with Gasteiger partial charge in [-0.05, 0) is 30.3 Å². The molecule has 144 valence electrons. The molecule has 3 aromatic carbocycles.